The van der Waals surface area contributed by atoms with Gasteiger partial charge in [-0.25, -0.2) is 0 Å². The van der Waals surface area contributed by atoms with Gasteiger partial charge in [-0.05, 0) is 22.8 Å². The highest BCUT2D eigenvalue weighted by atomic mass is 16.5. The van der Waals surface area contributed by atoms with Crippen molar-refractivity contribution in [2.24, 2.45) is 5.92 Å². The monoisotopic (exact) mass is 328 g/mol. The Morgan fingerprint density at radius 1 is 1.08 bits per heavy atom. The SMILES string of the molecule is O=C(O)C(C(=O)O)C1c2ccccc2COc2cc(CO)ccc21. The largest absolute Gasteiger partial charge is 0.489 e. The first-order valence-corrected chi connectivity index (χ1v) is 7.43. The molecule has 6 nitrogen and oxygen atoms in total. The van der Waals surface area contributed by atoms with Crippen molar-refractivity contribution in [2.75, 3.05) is 0 Å². The van der Waals surface area contributed by atoms with Crippen molar-refractivity contribution in [3.63, 3.8) is 0 Å². The maximum atomic E-state index is 11.6. The number of carboxylic acid groups (broad SMARTS) is 2. The number of carbonyl (C=O) groups is 2. The summed E-state index contributed by atoms with van der Waals surface area (Å²) in [5.41, 5.74) is 2.48. The van der Waals surface area contributed by atoms with Crippen LogP contribution in [0.1, 0.15) is 28.2 Å². The zero-order valence-corrected chi connectivity index (χ0v) is 12.7. The van der Waals surface area contributed by atoms with E-state index in [1.807, 2.05) is 0 Å². The molecule has 1 atom stereocenters. The van der Waals surface area contributed by atoms with E-state index in [9.17, 15) is 24.9 Å². The van der Waals surface area contributed by atoms with Crippen LogP contribution in [0.2, 0.25) is 0 Å². The number of hydrogen-bond acceptors (Lipinski definition) is 4. The number of aliphatic hydroxyl groups excluding tert-OH is 1. The molecular weight excluding hydrogens is 312 g/mol. The summed E-state index contributed by atoms with van der Waals surface area (Å²) in [6.07, 6.45) is 0. The maximum Gasteiger partial charge on any atom is 0.318 e. The molecule has 0 saturated carbocycles. The lowest BCUT2D eigenvalue weighted by atomic mass is 9.78. The van der Waals surface area contributed by atoms with Crippen molar-refractivity contribution in [1.82, 2.24) is 0 Å². The highest BCUT2D eigenvalue weighted by Gasteiger charge is 2.40. The Morgan fingerprint density at radius 3 is 2.46 bits per heavy atom. The Morgan fingerprint density at radius 2 is 1.79 bits per heavy atom. The van der Waals surface area contributed by atoms with Crippen molar-refractivity contribution >= 4 is 11.9 Å². The summed E-state index contributed by atoms with van der Waals surface area (Å²) in [7, 11) is 0. The first-order chi connectivity index (χ1) is 11.5. The molecular formula is C18H16O6. The molecule has 24 heavy (non-hydrogen) atoms. The van der Waals surface area contributed by atoms with Crippen LogP contribution in [0.3, 0.4) is 0 Å². The third-order valence-electron chi connectivity index (χ3n) is 4.23. The quantitative estimate of drug-likeness (QED) is 0.742. The van der Waals surface area contributed by atoms with Crippen molar-refractivity contribution < 1.29 is 29.6 Å². The molecule has 1 aliphatic heterocycles. The fourth-order valence-corrected chi connectivity index (χ4v) is 3.10. The predicted molar refractivity (Wildman–Crippen MR) is 83.7 cm³/mol. The topological polar surface area (TPSA) is 104 Å². The minimum absolute atomic E-state index is 0.185. The molecule has 0 aliphatic carbocycles. The molecule has 2 aromatic rings. The number of benzene rings is 2. The van der Waals surface area contributed by atoms with Gasteiger partial charge in [-0.2, -0.15) is 0 Å². The number of hydrogen-bond donors (Lipinski definition) is 3. The standard InChI is InChI=1S/C18H16O6/c19-8-10-5-6-13-14(7-10)24-9-11-3-1-2-4-12(11)15(13)16(17(20)21)18(22)23/h1-7,15-16,19H,8-9H2,(H,20,21)(H,22,23). The van der Waals surface area contributed by atoms with Crippen LogP contribution < -0.4 is 4.74 Å². The van der Waals surface area contributed by atoms with E-state index in [-0.39, 0.29) is 13.2 Å². The summed E-state index contributed by atoms with van der Waals surface area (Å²) in [6.45, 7) is 0.0239. The maximum absolute atomic E-state index is 11.6. The van der Waals surface area contributed by atoms with Gasteiger partial charge in [0.05, 0.1) is 6.61 Å². The van der Waals surface area contributed by atoms with Crippen molar-refractivity contribution in [3.05, 3.63) is 64.7 Å². The fourth-order valence-electron chi connectivity index (χ4n) is 3.10. The molecule has 0 radical (unpaired) electrons. The third kappa shape index (κ3) is 2.72. The van der Waals surface area contributed by atoms with Crippen LogP contribution in [0.25, 0.3) is 0 Å². The zero-order valence-electron chi connectivity index (χ0n) is 12.7. The summed E-state index contributed by atoms with van der Waals surface area (Å²) in [5.74, 6) is -4.91. The molecule has 0 saturated heterocycles. The summed E-state index contributed by atoms with van der Waals surface area (Å²) < 4.78 is 5.76. The normalized spacial score (nSPS) is 15.8. The fraction of sp³-hybridized carbons (Fsp3) is 0.222. The van der Waals surface area contributed by atoms with Crippen LogP contribution in [0.15, 0.2) is 42.5 Å². The van der Waals surface area contributed by atoms with Crippen LogP contribution in [-0.2, 0) is 22.8 Å². The molecule has 6 heteroatoms. The van der Waals surface area contributed by atoms with Gasteiger partial charge < -0.3 is 20.1 Å². The number of aliphatic carboxylic acids is 2. The first kappa shape index (κ1) is 16.0. The summed E-state index contributed by atoms with van der Waals surface area (Å²) in [5, 5.41) is 28.2. The molecule has 1 unspecified atom stereocenters. The van der Waals surface area contributed by atoms with E-state index < -0.39 is 23.8 Å². The molecule has 0 bridgehead atoms. The molecule has 3 N–H and O–H groups in total. The molecule has 0 spiro atoms. The van der Waals surface area contributed by atoms with Crippen LogP contribution in [0.5, 0.6) is 5.75 Å². The molecule has 1 heterocycles. The second-order valence-corrected chi connectivity index (χ2v) is 5.65. The number of aliphatic hydroxyl groups is 1. The molecule has 0 amide bonds. The number of rotatable bonds is 4. The van der Waals surface area contributed by atoms with Crippen LogP contribution >= 0.6 is 0 Å². The van der Waals surface area contributed by atoms with E-state index in [1.54, 1.807) is 42.5 Å². The van der Waals surface area contributed by atoms with Gasteiger partial charge in [0.25, 0.3) is 0 Å². The van der Waals surface area contributed by atoms with Gasteiger partial charge in [0.15, 0.2) is 5.92 Å². The molecule has 124 valence electrons. The third-order valence-corrected chi connectivity index (χ3v) is 4.23. The Bertz CT molecular complexity index is 784. The molecule has 0 aromatic heterocycles. The second-order valence-electron chi connectivity index (χ2n) is 5.65. The molecule has 1 aliphatic rings. The van der Waals surface area contributed by atoms with E-state index in [2.05, 4.69) is 0 Å². The smallest absolute Gasteiger partial charge is 0.318 e. The number of fused-ring (bicyclic) bond motifs is 2. The van der Waals surface area contributed by atoms with Crippen LogP contribution in [0, 0.1) is 5.92 Å². The van der Waals surface area contributed by atoms with E-state index in [0.29, 0.717) is 22.4 Å². The minimum atomic E-state index is -1.63. The van der Waals surface area contributed by atoms with Crippen molar-refractivity contribution in [1.29, 1.82) is 0 Å². The Hall–Kier alpha value is -2.86. The Labute approximate surface area is 137 Å². The molecule has 2 aromatic carbocycles. The summed E-state index contributed by atoms with van der Waals surface area (Å²) in [4.78, 5) is 23.3. The zero-order chi connectivity index (χ0) is 17.3. The lowest BCUT2D eigenvalue weighted by Gasteiger charge is -2.23. The Kier molecular flexibility index (Phi) is 4.22. The number of carboxylic acids is 2. The van der Waals surface area contributed by atoms with Gasteiger partial charge >= 0.3 is 11.9 Å². The van der Waals surface area contributed by atoms with Gasteiger partial charge in [0.1, 0.15) is 12.4 Å². The van der Waals surface area contributed by atoms with E-state index in [0.717, 1.165) is 5.56 Å². The molecule has 0 fully saturated rings. The van der Waals surface area contributed by atoms with Gasteiger partial charge in [0.2, 0.25) is 0 Å². The lowest BCUT2D eigenvalue weighted by Crippen LogP contribution is -2.30. The van der Waals surface area contributed by atoms with E-state index in [4.69, 9.17) is 4.74 Å². The highest BCUT2D eigenvalue weighted by Crippen LogP contribution is 2.42. The molecule has 3 rings (SSSR count). The van der Waals surface area contributed by atoms with Crippen LogP contribution in [-0.4, -0.2) is 27.3 Å². The van der Waals surface area contributed by atoms with E-state index >= 15 is 0 Å². The van der Waals surface area contributed by atoms with E-state index in [1.165, 1.54) is 0 Å². The van der Waals surface area contributed by atoms with Gasteiger partial charge in [-0.1, -0.05) is 36.4 Å². The lowest BCUT2D eigenvalue weighted by molar-refractivity contribution is -0.155. The minimum Gasteiger partial charge on any atom is -0.489 e. The van der Waals surface area contributed by atoms with Crippen LogP contribution in [0.4, 0.5) is 0 Å². The average Bonchev–Trinajstić information content (AvgIpc) is 2.72. The second kappa shape index (κ2) is 6.33. The summed E-state index contributed by atoms with van der Waals surface area (Å²) in [6, 6.07) is 12.0. The van der Waals surface area contributed by atoms with Gasteiger partial charge in [0, 0.05) is 11.5 Å². The van der Waals surface area contributed by atoms with Crippen molar-refractivity contribution in [3.8, 4) is 5.75 Å². The average molecular weight is 328 g/mol. The van der Waals surface area contributed by atoms with Crippen molar-refractivity contribution in [2.45, 2.75) is 19.1 Å². The van der Waals surface area contributed by atoms with Gasteiger partial charge in [-0.15, -0.1) is 0 Å². The first-order valence-electron chi connectivity index (χ1n) is 7.43. The highest BCUT2D eigenvalue weighted by molar-refractivity contribution is 5.95. The predicted octanol–water partition coefficient (Wildman–Crippen LogP) is 1.99. The summed E-state index contributed by atoms with van der Waals surface area (Å²) >= 11 is 0. The Balaban J connectivity index is 2.25. The number of ether oxygens (including phenoxy) is 1. The van der Waals surface area contributed by atoms with Gasteiger partial charge in [-0.3, -0.25) is 9.59 Å².